The maximum atomic E-state index is 15.9. The van der Waals surface area contributed by atoms with E-state index in [1.807, 2.05) is 11.0 Å². The van der Waals surface area contributed by atoms with Crippen molar-refractivity contribution in [2.45, 2.75) is 31.7 Å². The first-order chi connectivity index (χ1) is 15.0. The lowest BCUT2D eigenvalue weighted by molar-refractivity contribution is -0.137. The Morgan fingerprint density at radius 2 is 2.06 bits per heavy atom. The second-order valence-electron chi connectivity index (χ2n) is 8.39. The summed E-state index contributed by atoms with van der Waals surface area (Å²) in [4.78, 5) is 28.5. The first-order valence-corrected chi connectivity index (χ1v) is 11.3. The maximum Gasteiger partial charge on any atom is 0.265 e. The molecule has 162 valence electrons. The second-order valence-corrected chi connectivity index (χ2v) is 9.14. The lowest BCUT2D eigenvalue weighted by Gasteiger charge is -2.48. The van der Waals surface area contributed by atoms with Crippen molar-refractivity contribution < 1.29 is 23.1 Å². The highest BCUT2D eigenvalue weighted by atomic mass is 32.1. The molecule has 1 aromatic heterocycles. The van der Waals surface area contributed by atoms with Crippen molar-refractivity contribution in [3.63, 3.8) is 0 Å². The molecule has 7 nitrogen and oxygen atoms in total. The number of fused-ring (bicyclic) bond motifs is 3. The summed E-state index contributed by atoms with van der Waals surface area (Å²) in [5.74, 6) is -2.66. The van der Waals surface area contributed by atoms with Crippen molar-refractivity contribution >= 4 is 28.1 Å². The minimum Gasteiger partial charge on any atom is -0.450 e. The molecule has 1 saturated heterocycles. The fourth-order valence-corrected chi connectivity index (χ4v) is 6.06. The Hall–Kier alpha value is -2.59. The number of nitrogens with zero attached hydrogens (tertiary/aromatic N) is 3. The lowest BCUT2D eigenvalue weighted by atomic mass is 9.80. The van der Waals surface area contributed by atoms with Gasteiger partial charge in [-0.05, 0) is 37.3 Å². The van der Waals surface area contributed by atoms with Gasteiger partial charge in [0.05, 0.1) is 11.4 Å². The van der Waals surface area contributed by atoms with Crippen LogP contribution in [0.15, 0.2) is 34.8 Å². The fraction of sp³-hybridized carbons (Fsp3) is 0.476. The predicted octanol–water partition coefficient (Wildman–Crippen LogP) is 2.18. The Morgan fingerprint density at radius 3 is 2.94 bits per heavy atom. The number of rotatable bonds is 1. The third-order valence-electron chi connectivity index (χ3n) is 6.64. The summed E-state index contributed by atoms with van der Waals surface area (Å²) in [6.07, 6.45) is 3.49. The van der Waals surface area contributed by atoms with Crippen LogP contribution in [0.1, 0.15) is 24.8 Å². The molecule has 6 rings (SSSR count). The van der Waals surface area contributed by atoms with Crippen molar-refractivity contribution in [2.75, 3.05) is 31.1 Å². The molecule has 5 aliphatic rings. The van der Waals surface area contributed by atoms with Crippen LogP contribution in [0.2, 0.25) is 0 Å². The number of halogens is 2. The average molecular weight is 446 g/mol. The molecule has 0 radical (unpaired) electrons. The van der Waals surface area contributed by atoms with Gasteiger partial charge in [-0.2, -0.15) is 8.76 Å². The number of nitrogens with one attached hydrogen (secondary N) is 1. The number of ketones is 2. The van der Waals surface area contributed by atoms with E-state index >= 15 is 4.39 Å². The summed E-state index contributed by atoms with van der Waals surface area (Å²) in [5, 5.41) is 3.87. The molecular formula is C21H20F2N4O3S. The highest BCUT2D eigenvalue weighted by Crippen LogP contribution is 2.51. The quantitative estimate of drug-likeness (QED) is 0.663. The summed E-state index contributed by atoms with van der Waals surface area (Å²) < 4.78 is 40.2. The van der Waals surface area contributed by atoms with Crippen LogP contribution in [-0.4, -0.2) is 53.1 Å². The Balaban J connectivity index is 1.53. The van der Waals surface area contributed by atoms with Gasteiger partial charge in [-0.15, -0.1) is 0 Å². The number of carbonyl (C=O) groups is 2. The lowest BCUT2D eigenvalue weighted by Crippen LogP contribution is -2.52. The summed E-state index contributed by atoms with van der Waals surface area (Å²) in [5.41, 5.74) is 1.42. The summed E-state index contributed by atoms with van der Waals surface area (Å²) in [7, 11) is 0. The Bertz CT molecular complexity index is 1100. The number of ether oxygens (including phenoxy) is 1. The summed E-state index contributed by atoms with van der Waals surface area (Å²) in [6, 6.07) is -0.513. The highest BCUT2D eigenvalue weighted by Gasteiger charge is 2.51. The maximum absolute atomic E-state index is 15.9. The number of Topliss-reactive ketones (excluding diaryl/α,β-unsaturated/α-hetero) is 2. The van der Waals surface area contributed by atoms with Gasteiger partial charge in [0.1, 0.15) is 11.0 Å². The SMILES string of the molecule is O=C1CCC2=C(OC3=C(F)C(N4CCCNCC4)=CC4Cc5c(F)nsc5N2C34)C1=O. The zero-order valence-corrected chi connectivity index (χ0v) is 17.4. The van der Waals surface area contributed by atoms with E-state index in [0.717, 1.165) is 31.0 Å². The molecule has 1 fully saturated rings. The Labute approximate surface area is 181 Å². The molecule has 0 bridgehead atoms. The van der Waals surface area contributed by atoms with Gasteiger partial charge in [-0.3, -0.25) is 9.59 Å². The molecule has 1 aromatic rings. The Kier molecular flexibility index (Phi) is 4.29. The summed E-state index contributed by atoms with van der Waals surface area (Å²) in [6.45, 7) is 2.92. The van der Waals surface area contributed by atoms with Gasteiger partial charge in [-0.25, -0.2) is 4.39 Å². The van der Waals surface area contributed by atoms with Gasteiger partial charge < -0.3 is 19.9 Å². The van der Waals surface area contributed by atoms with E-state index in [4.69, 9.17) is 4.74 Å². The van der Waals surface area contributed by atoms with E-state index in [9.17, 15) is 14.0 Å². The van der Waals surface area contributed by atoms with Crippen LogP contribution in [0.3, 0.4) is 0 Å². The number of anilines is 1. The largest absolute Gasteiger partial charge is 0.450 e. The van der Waals surface area contributed by atoms with Crippen LogP contribution in [0.25, 0.3) is 0 Å². The molecule has 3 aliphatic heterocycles. The molecule has 31 heavy (non-hydrogen) atoms. The van der Waals surface area contributed by atoms with Crippen LogP contribution < -0.4 is 10.2 Å². The molecule has 4 heterocycles. The third-order valence-corrected chi connectivity index (χ3v) is 7.51. The standard InChI is InChI=1S/C21H20F2N4O3S/c22-15-13(26-6-1-4-24-5-7-26)9-10-8-11-20(23)25-31-21(11)27-12-2-3-14(28)17(29)18(12)30-19(15)16(10)27/h9-10,16,24H,1-8H2. The monoisotopic (exact) mass is 446 g/mol. The zero-order valence-electron chi connectivity index (χ0n) is 16.6. The van der Waals surface area contributed by atoms with Gasteiger partial charge >= 0.3 is 0 Å². The van der Waals surface area contributed by atoms with E-state index in [1.165, 1.54) is 0 Å². The van der Waals surface area contributed by atoms with Crippen molar-refractivity contribution in [1.82, 2.24) is 14.6 Å². The second kappa shape index (κ2) is 6.96. The van der Waals surface area contributed by atoms with Crippen molar-refractivity contribution in [2.24, 2.45) is 5.92 Å². The zero-order chi connectivity index (χ0) is 21.3. The van der Waals surface area contributed by atoms with Crippen LogP contribution >= 0.6 is 11.5 Å². The fourth-order valence-electron chi connectivity index (χ4n) is 5.19. The molecule has 0 spiro atoms. The normalized spacial score (nSPS) is 28.0. The Morgan fingerprint density at radius 1 is 1.19 bits per heavy atom. The molecule has 0 saturated carbocycles. The number of carbonyl (C=O) groups excluding carboxylic acids is 2. The van der Waals surface area contributed by atoms with Gasteiger partial charge in [0.2, 0.25) is 11.7 Å². The molecule has 0 aromatic carbocycles. The van der Waals surface area contributed by atoms with E-state index in [0.29, 0.717) is 47.9 Å². The number of aromatic nitrogens is 1. The molecule has 10 heteroatoms. The van der Waals surface area contributed by atoms with E-state index in [-0.39, 0.29) is 23.9 Å². The summed E-state index contributed by atoms with van der Waals surface area (Å²) >= 11 is 0.998. The van der Waals surface area contributed by atoms with Crippen LogP contribution in [0.5, 0.6) is 0 Å². The first-order valence-electron chi connectivity index (χ1n) is 10.5. The number of hydrogen-bond donors (Lipinski definition) is 1. The third kappa shape index (κ3) is 2.74. The average Bonchev–Trinajstić information content (AvgIpc) is 2.97. The molecular weight excluding hydrogens is 426 g/mol. The van der Waals surface area contributed by atoms with Gasteiger partial charge in [0.25, 0.3) is 5.78 Å². The number of hydrogen-bond acceptors (Lipinski definition) is 8. The molecule has 0 amide bonds. The van der Waals surface area contributed by atoms with Gasteiger partial charge in [0.15, 0.2) is 17.3 Å². The molecule has 1 N–H and O–H groups in total. The minimum atomic E-state index is -0.747. The van der Waals surface area contributed by atoms with Crippen LogP contribution in [-0.2, 0) is 20.7 Å². The van der Waals surface area contributed by atoms with E-state index < -0.39 is 29.4 Å². The minimum absolute atomic E-state index is 0.0426. The van der Waals surface area contributed by atoms with E-state index in [2.05, 4.69) is 9.69 Å². The van der Waals surface area contributed by atoms with Gasteiger partial charge in [0, 0.05) is 37.5 Å². The van der Waals surface area contributed by atoms with Crippen molar-refractivity contribution in [3.8, 4) is 0 Å². The highest BCUT2D eigenvalue weighted by molar-refractivity contribution is 7.10. The van der Waals surface area contributed by atoms with E-state index in [1.54, 1.807) is 4.90 Å². The topological polar surface area (TPSA) is 74.8 Å². The van der Waals surface area contributed by atoms with Crippen molar-refractivity contribution in [1.29, 1.82) is 0 Å². The van der Waals surface area contributed by atoms with Gasteiger partial charge in [-0.1, -0.05) is 6.08 Å². The van der Waals surface area contributed by atoms with Crippen LogP contribution in [0.4, 0.5) is 13.8 Å². The smallest absolute Gasteiger partial charge is 0.265 e. The van der Waals surface area contributed by atoms with Crippen LogP contribution in [0, 0.1) is 11.9 Å². The first kappa shape index (κ1) is 19.1. The molecule has 2 atom stereocenters. The van der Waals surface area contributed by atoms with Crippen molar-refractivity contribution in [3.05, 3.63) is 46.3 Å². The molecule has 2 unspecified atom stereocenters. The number of allylic oxidation sites excluding steroid dienone is 3. The predicted molar refractivity (Wildman–Crippen MR) is 108 cm³/mol. The molecule has 2 aliphatic carbocycles.